The molecule has 0 saturated heterocycles. The van der Waals surface area contributed by atoms with Crippen LogP contribution in [0.15, 0.2) is 23.6 Å². The summed E-state index contributed by atoms with van der Waals surface area (Å²) in [7, 11) is 0. The van der Waals surface area contributed by atoms with E-state index < -0.39 is 11.6 Å². The van der Waals surface area contributed by atoms with Crippen molar-refractivity contribution in [3.63, 3.8) is 0 Å². The van der Waals surface area contributed by atoms with Crippen molar-refractivity contribution in [2.75, 3.05) is 0 Å². The molecule has 0 bridgehead atoms. The van der Waals surface area contributed by atoms with Gasteiger partial charge in [0.15, 0.2) is 0 Å². The maximum atomic E-state index is 12.9. The van der Waals surface area contributed by atoms with Crippen molar-refractivity contribution >= 4 is 5.78 Å². The Bertz CT molecular complexity index is 309. The molecule has 0 heterocycles. The first-order valence-corrected chi connectivity index (χ1v) is 3.67. The van der Waals surface area contributed by atoms with Gasteiger partial charge in [0, 0.05) is 0 Å². The van der Waals surface area contributed by atoms with Gasteiger partial charge in [0.05, 0.1) is 5.57 Å². The van der Waals surface area contributed by atoms with E-state index in [0.717, 1.165) is 0 Å². The molecule has 1 aliphatic carbocycles. The lowest BCUT2D eigenvalue weighted by molar-refractivity contribution is -0.110. The summed E-state index contributed by atoms with van der Waals surface area (Å²) >= 11 is 0. The van der Waals surface area contributed by atoms with Crippen molar-refractivity contribution in [3.8, 4) is 6.07 Å². The van der Waals surface area contributed by atoms with Crippen LogP contribution in [0.25, 0.3) is 0 Å². The number of carbonyl (C=O) groups is 1. The maximum absolute atomic E-state index is 12.9. The largest absolute Gasteiger partial charge is 0.277 e. The first kappa shape index (κ1) is 8.66. The first-order chi connectivity index (χ1) is 5.65. The summed E-state index contributed by atoms with van der Waals surface area (Å²) in [5.41, 5.74) is -0.0868. The number of rotatable bonds is 1. The summed E-state index contributed by atoms with van der Waals surface area (Å²) in [6, 6.07) is 1.40. The van der Waals surface area contributed by atoms with E-state index in [1.807, 2.05) is 6.92 Å². The van der Waals surface area contributed by atoms with Crippen LogP contribution in [0, 0.1) is 17.2 Å². The second kappa shape index (κ2) is 3.31. The molecule has 12 heavy (non-hydrogen) atoms. The Morgan fingerprint density at radius 1 is 1.83 bits per heavy atom. The van der Waals surface area contributed by atoms with Crippen LogP contribution in [0.4, 0.5) is 4.39 Å². The van der Waals surface area contributed by atoms with Crippen LogP contribution in [0.1, 0.15) is 13.3 Å². The smallest absolute Gasteiger partial charge is 0.264 e. The van der Waals surface area contributed by atoms with E-state index in [1.165, 1.54) is 18.2 Å². The topological polar surface area (TPSA) is 40.9 Å². The van der Waals surface area contributed by atoms with Crippen LogP contribution in [-0.4, -0.2) is 5.78 Å². The minimum absolute atomic E-state index is 0.0868. The van der Waals surface area contributed by atoms with Gasteiger partial charge in [-0.3, -0.25) is 4.79 Å². The van der Waals surface area contributed by atoms with E-state index in [4.69, 9.17) is 5.26 Å². The van der Waals surface area contributed by atoms with Crippen LogP contribution in [0.3, 0.4) is 0 Å². The van der Waals surface area contributed by atoms with Gasteiger partial charge < -0.3 is 0 Å². The number of allylic oxidation sites excluding steroid dienone is 4. The van der Waals surface area contributed by atoms with Gasteiger partial charge in [-0.15, -0.1) is 0 Å². The van der Waals surface area contributed by atoms with Gasteiger partial charge in [-0.05, 0) is 18.4 Å². The summed E-state index contributed by atoms with van der Waals surface area (Å²) in [5, 5.41) is 8.26. The number of ketones is 1. The molecule has 0 fully saturated rings. The minimum atomic E-state index is -0.796. The van der Waals surface area contributed by atoms with Gasteiger partial charge in [-0.1, -0.05) is 13.0 Å². The minimum Gasteiger partial charge on any atom is -0.277 e. The number of Topliss-reactive ketones (excluding diaryl/α,β-unsaturated/α-hetero) is 1. The maximum Gasteiger partial charge on any atom is 0.264 e. The Balaban J connectivity index is 2.96. The Labute approximate surface area is 70.0 Å². The zero-order valence-electron chi connectivity index (χ0n) is 6.67. The fourth-order valence-electron chi connectivity index (χ4n) is 1.08. The van der Waals surface area contributed by atoms with Crippen LogP contribution >= 0.6 is 0 Å². The zero-order valence-corrected chi connectivity index (χ0v) is 6.67. The highest BCUT2D eigenvalue weighted by Gasteiger charge is 2.18. The molecule has 0 N–H and O–H groups in total. The number of carbonyl (C=O) groups excluding carboxylic acids is 1. The van der Waals surface area contributed by atoms with Crippen LogP contribution in [0.2, 0.25) is 0 Å². The van der Waals surface area contributed by atoms with Crippen LogP contribution < -0.4 is 0 Å². The molecule has 0 aromatic rings. The van der Waals surface area contributed by atoms with Gasteiger partial charge in [-0.25, -0.2) is 4.39 Å². The number of halogens is 1. The molecule has 0 spiro atoms. The van der Waals surface area contributed by atoms with Gasteiger partial charge in [0.25, 0.3) is 5.78 Å². The lowest BCUT2D eigenvalue weighted by Gasteiger charge is -2.10. The SMILES string of the molecule is CC1C=C(C(=O)C#N)C(F)=CC1. The average molecular weight is 165 g/mol. The molecule has 62 valence electrons. The second-order valence-corrected chi connectivity index (χ2v) is 2.79. The lowest BCUT2D eigenvalue weighted by atomic mass is 9.95. The van der Waals surface area contributed by atoms with Gasteiger partial charge in [-0.2, -0.15) is 5.26 Å². The summed E-state index contributed by atoms with van der Waals surface area (Å²) in [6.45, 7) is 1.87. The third kappa shape index (κ3) is 1.59. The Morgan fingerprint density at radius 2 is 2.50 bits per heavy atom. The van der Waals surface area contributed by atoms with E-state index in [-0.39, 0.29) is 11.5 Å². The molecule has 0 aromatic carbocycles. The third-order valence-corrected chi connectivity index (χ3v) is 1.72. The van der Waals surface area contributed by atoms with Crippen molar-refractivity contribution in [1.82, 2.24) is 0 Å². The lowest BCUT2D eigenvalue weighted by Crippen LogP contribution is -2.06. The van der Waals surface area contributed by atoms with Crippen molar-refractivity contribution in [2.45, 2.75) is 13.3 Å². The molecule has 1 rings (SSSR count). The number of hydrogen-bond acceptors (Lipinski definition) is 2. The second-order valence-electron chi connectivity index (χ2n) is 2.79. The van der Waals surface area contributed by atoms with E-state index in [0.29, 0.717) is 6.42 Å². The Morgan fingerprint density at radius 3 is 3.08 bits per heavy atom. The van der Waals surface area contributed by atoms with E-state index in [2.05, 4.69) is 0 Å². The fourth-order valence-corrected chi connectivity index (χ4v) is 1.08. The monoisotopic (exact) mass is 165 g/mol. The van der Waals surface area contributed by atoms with Gasteiger partial charge in [0.2, 0.25) is 0 Å². The molecule has 2 nitrogen and oxygen atoms in total. The Hall–Kier alpha value is -1.43. The summed E-state index contributed by atoms with van der Waals surface area (Å²) < 4.78 is 12.9. The highest BCUT2D eigenvalue weighted by molar-refractivity contribution is 6.09. The molecule has 1 aliphatic rings. The molecule has 1 unspecified atom stereocenters. The first-order valence-electron chi connectivity index (χ1n) is 3.67. The Kier molecular flexibility index (Phi) is 2.39. The summed E-state index contributed by atoms with van der Waals surface area (Å²) in [5.74, 6) is -1.23. The predicted molar refractivity (Wildman–Crippen MR) is 41.7 cm³/mol. The molecule has 0 radical (unpaired) electrons. The van der Waals surface area contributed by atoms with Gasteiger partial charge >= 0.3 is 0 Å². The standard InChI is InChI=1S/C9H8FNO/c1-6-2-3-8(10)7(4-6)9(12)5-11/h3-4,6H,2H2,1H3. The number of nitrogens with zero attached hydrogens (tertiary/aromatic N) is 1. The molecular formula is C9H8FNO. The molecule has 3 heteroatoms. The molecule has 0 saturated carbocycles. The van der Waals surface area contributed by atoms with Crippen molar-refractivity contribution < 1.29 is 9.18 Å². The van der Waals surface area contributed by atoms with Crippen LogP contribution in [0.5, 0.6) is 0 Å². The van der Waals surface area contributed by atoms with E-state index in [1.54, 1.807) is 0 Å². The van der Waals surface area contributed by atoms with Crippen molar-refractivity contribution in [1.29, 1.82) is 5.26 Å². The summed E-state index contributed by atoms with van der Waals surface area (Å²) in [6.07, 6.45) is 3.43. The average Bonchev–Trinajstić information content (AvgIpc) is 2.08. The van der Waals surface area contributed by atoms with Crippen molar-refractivity contribution in [3.05, 3.63) is 23.6 Å². The number of nitriles is 1. The summed E-state index contributed by atoms with van der Waals surface area (Å²) in [4.78, 5) is 10.8. The van der Waals surface area contributed by atoms with E-state index >= 15 is 0 Å². The molecule has 0 aliphatic heterocycles. The molecule has 0 amide bonds. The third-order valence-electron chi connectivity index (χ3n) is 1.72. The predicted octanol–water partition coefficient (Wildman–Crippen LogP) is 1.90. The molecular weight excluding hydrogens is 157 g/mol. The highest BCUT2D eigenvalue weighted by atomic mass is 19.1. The zero-order chi connectivity index (χ0) is 9.14. The van der Waals surface area contributed by atoms with Crippen LogP contribution in [-0.2, 0) is 4.79 Å². The fraction of sp³-hybridized carbons (Fsp3) is 0.333. The normalized spacial score (nSPS) is 22.2. The highest BCUT2D eigenvalue weighted by Crippen LogP contribution is 2.23. The molecule has 1 atom stereocenters. The molecule has 0 aromatic heterocycles. The van der Waals surface area contributed by atoms with Gasteiger partial charge in [0.1, 0.15) is 11.9 Å². The van der Waals surface area contributed by atoms with E-state index in [9.17, 15) is 9.18 Å². The quantitative estimate of drug-likeness (QED) is 0.557. The number of hydrogen-bond donors (Lipinski definition) is 0. The van der Waals surface area contributed by atoms with Crippen molar-refractivity contribution in [2.24, 2.45) is 5.92 Å².